The molecule has 3 rings (SSSR count). The Kier molecular flexibility index (Phi) is 6.82. The molecule has 0 spiro atoms. The molecule has 3 heterocycles. The van der Waals surface area contributed by atoms with E-state index in [-0.39, 0.29) is 18.6 Å². The summed E-state index contributed by atoms with van der Waals surface area (Å²) in [5.74, 6) is 0.743. The summed E-state index contributed by atoms with van der Waals surface area (Å²) in [5, 5.41) is 12.4. The number of amides is 1. The number of rotatable bonds is 6. The minimum Gasteiger partial charge on any atom is -0.394 e. The van der Waals surface area contributed by atoms with Gasteiger partial charge in [-0.3, -0.25) is 9.69 Å². The SMILES string of the molecule is CCC(CO)Nc1ccc(C(=O)N2CCC(N3CCOCC3)CC2)cn1. The molecule has 2 N–H and O–H groups in total. The van der Waals surface area contributed by atoms with Crippen LogP contribution in [0.25, 0.3) is 0 Å². The number of ether oxygens (including phenoxy) is 1. The van der Waals surface area contributed by atoms with Crippen molar-refractivity contribution in [3.63, 3.8) is 0 Å². The van der Waals surface area contributed by atoms with E-state index >= 15 is 0 Å². The summed E-state index contributed by atoms with van der Waals surface area (Å²) in [4.78, 5) is 21.5. The number of nitrogens with one attached hydrogen (secondary N) is 1. The largest absolute Gasteiger partial charge is 0.394 e. The molecule has 0 aromatic carbocycles. The van der Waals surface area contributed by atoms with Crippen molar-refractivity contribution in [2.75, 3.05) is 51.3 Å². The van der Waals surface area contributed by atoms with Crippen LogP contribution in [0.3, 0.4) is 0 Å². The van der Waals surface area contributed by atoms with Gasteiger partial charge in [0, 0.05) is 38.4 Å². The maximum atomic E-state index is 12.7. The van der Waals surface area contributed by atoms with E-state index in [0.717, 1.165) is 58.7 Å². The van der Waals surface area contributed by atoms with E-state index < -0.39 is 0 Å². The number of pyridine rings is 1. The number of morpholine rings is 1. The zero-order valence-electron chi connectivity index (χ0n) is 15.6. The molecule has 1 atom stereocenters. The third-order valence-corrected chi connectivity index (χ3v) is 5.39. The fourth-order valence-corrected chi connectivity index (χ4v) is 3.65. The maximum absolute atomic E-state index is 12.7. The molecule has 144 valence electrons. The van der Waals surface area contributed by atoms with Gasteiger partial charge in [-0.25, -0.2) is 4.98 Å². The Morgan fingerprint density at radius 2 is 2.04 bits per heavy atom. The van der Waals surface area contributed by atoms with Crippen molar-refractivity contribution in [1.82, 2.24) is 14.8 Å². The van der Waals surface area contributed by atoms with Crippen LogP contribution in [0.5, 0.6) is 0 Å². The minimum atomic E-state index is -0.0109. The normalized spacial score (nSPS) is 20.8. The summed E-state index contributed by atoms with van der Waals surface area (Å²) < 4.78 is 5.42. The Hall–Kier alpha value is -1.70. The Morgan fingerprint density at radius 1 is 1.31 bits per heavy atom. The highest BCUT2D eigenvalue weighted by Gasteiger charge is 2.28. The van der Waals surface area contributed by atoms with Gasteiger partial charge in [-0.1, -0.05) is 6.92 Å². The molecular weight excluding hydrogens is 332 g/mol. The van der Waals surface area contributed by atoms with Gasteiger partial charge in [-0.2, -0.15) is 0 Å². The van der Waals surface area contributed by atoms with E-state index in [1.807, 2.05) is 24.0 Å². The first-order chi connectivity index (χ1) is 12.7. The number of likely N-dealkylation sites (tertiary alicyclic amines) is 1. The highest BCUT2D eigenvalue weighted by Crippen LogP contribution is 2.19. The van der Waals surface area contributed by atoms with Crippen molar-refractivity contribution in [3.8, 4) is 0 Å². The molecule has 1 amide bonds. The minimum absolute atomic E-state index is 0.0109. The molecule has 0 radical (unpaired) electrons. The summed E-state index contributed by atoms with van der Waals surface area (Å²) >= 11 is 0. The van der Waals surface area contributed by atoms with Gasteiger partial charge in [-0.15, -0.1) is 0 Å². The van der Waals surface area contributed by atoms with Crippen molar-refractivity contribution in [1.29, 1.82) is 0 Å². The van der Waals surface area contributed by atoms with Gasteiger partial charge in [0.15, 0.2) is 0 Å². The topological polar surface area (TPSA) is 77.9 Å². The molecule has 1 aromatic heterocycles. The Labute approximate surface area is 155 Å². The lowest BCUT2D eigenvalue weighted by Gasteiger charge is -2.40. The number of anilines is 1. The Bertz CT molecular complexity index is 563. The van der Waals surface area contributed by atoms with Crippen LogP contribution in [0.2, 0.25) is 0 Å². The molecule has 1 unspecified atom stereocenters. The second-order valence-corrected chi connectivity index (χ2v) is 7.04. The van der Waals surface area contributed by atoms with Crippen LogP contribution in [0.15, 0.2) is 18.3 Å². The van der Waals surface area contributed by atoms with E-state index in [1.165, 1.54) is 0 Å². The van der Waals surface area contributed by atoms with Crippen molar-refractivity contribution in [2.45, 2.75) is 38.3 Å². The number of hydrogen-bond acceptors (Lipinski definition) is 6. The second-order valence-electron chi connectivity index (χ2n) is 7.04. The zero-order chi connectivity index (χ0) is 18.4. The lowest BCUT2D eigenvalue weighted by atomic mass is 10.0. The van der Waals surface area contributed by atoms with Gasteiger partial charge in [0.25, 0.3) is 5.91 Å². The average Bonchev–Trinajstić information content (AvgIpc) is 2.72. The quantitative estimate of drug-likeness (QED) is 0.792. The van der Waals surface area contributed by atoms with E-state index in [1.54, 1.807) is 6.20 Å². The smallest absolute Gasteiger partial charge is 0.255 e. The summed E-state index contributed by atoms with van der Waals surface area (Å²) in [5.41, 5.74) is 0.623. The maximum Gasteiger partial charge on any atom is 0.255 e. The van der Waals surface area contributed by atoms with Crippen LogP contribution in [0, 0.1) is 0 Å². The molecule has 0 saturated carbocycles. The number of nitrogens with zero attached hydrogens (tertiary/aromatic N) is 3. The van der Waals surface area contributed by atoms with Gasteiger partial charge in [0.1, 0.15) is 5.82 Å². The van der Waals surface area contributed by atoms with Gasteiger partial charge in [-0.05, 0) is 31.4 Å². The molecule has 2 fully saturated rings. The van der Waals surface area contributed by atoms with E-state index in [4.69, 9.17) is 4.74 Å². The Morgan fingerprint density at radius 3 is 2.62 bits per heavy atom. The fraction of sp³-hybridized carbons (Fsp3) is 0.684. The molecule has 7 heteroatoms. The van der Waals surface area contributed by atoms with Crippen LogP contribution < -0.4 is 5.32 Å². The van der Waals surface area contributed by atoms with Crippen LogP contribution in [0.4, 0.5) is 5.82 Å². The summed E-state index contributed by atoms with van der Waals surface area (Å²) in [6, 6.07) is 4.18. The molecule has 0 bridgehead atoms. The molecule has 26 heavy (non-hydrogen) atoms. The lowest BCUT2D eigenvalue weighted by molar-refractivity contribution is 0.00158. The molecule has 0 aliphatic carbocycles. The van der Waals surface area contributed by atoms with Crippen molar-refractivity contribution < 1.29 is 14.6 Å². The first-order valence-electron chi connectivity index (χ1n) is 9.65. The molecule has 2 aliphatic rings. The first kappa shape index (κ1) is 19.1. The monoisotopic (exact) mass is 362 g/mol. The summed E-state index contributed by atoms with van der Waals surface area (Å²) in [7, 11) is 0. The molecule has 7 nitrogen and oxygen atoms in total. The number of carbonyl (C=O) groups is 1. The van der Waals surface area contributed by atoms with E-state index in [2.05, 4.69) is 15.2 Å². The molecule has 2 saturated heterocycles. The third kappa shape index (κ3) is 4.72. The fourth-order valence-electron chi connectivity index (χ4n) is 3.65. The van der Waals surface area contributed by atoms with E-state index in [9.17, 15) is 9.90 Å². The number of carbonyl (C=O) groups excluding carboxylic acids is 1. The number of piperidine rings is 1. The zero-order valence-corrected chi connectivity index (χ0v) is 15.6. The molecule has 1 aromatic rings. The summed E-state index contributed by atoms with van der Waals surface area (Å²) in [6.45, 7) is 7.31. The van der Waals surface area contributed by atoms with Gasteiger partial charge in [0.2, 0.25) is 0 Å². The van der Waals surface area contributed by atoms with Gasteiger partial charge < -0.3 is 20.1 Å². The number of aromatic nitrogens is 1. The number of aliphatic hydroxyl groups is 1. The van der Waals surface area contributed by atoms with Crippen LogP contribution in [-0.2, 0) is 4.74 Å². The predicted molar refractivity (Wildman–Crippen MR) is 100 cm³/mol. The van der Waals surface area contributed by atoms with Crippen molar-refractivity contribution in [3.05, 3.63) is 23.9 Å². The van der Waals surface area contributed by atoms with Gasteiger partial charge in [0.05, 0.1) is 31.4 Å². The van der Waals surface area contributed by atoms with Crippen LogP contribution >= 0.6 is 0 Å². The van der Waals surface area contributed by atoms with E-state index in [0.29, 0.717) is 17.4 Å². The third-order valence-electron chi connectivity index (χ3n) is 5.39. The highest BCUT2D eigenvalue weighted by molar-refractivity contribution is 5.94. The lowest BCUT2D eigenvalue weighted by Crippen LogP contribution is -2.50. The predicted octanol–water partition coefficient (Wildman–Crippen LogP) is 1.20. The molecule has 2 aliphatic heterocycles. The number of hydrogen-bond donors (Lipinski definition) is 2. The van der Waals surface area contributed by atoms with Crippen LogP contribution in [0.1, 0.15) is 36.5 Å². The average molecular weight is 362 g/mol. The number of aliphatic hydroxyl groups excluding tert-OH is 1. The first-order valence-corrected chi connectivity index (χ1v) is 9.65. The molecular formula is C19H30N4O3. The van der Waals surface area contributed by atoms with Crippen molar-refractivity contribution in [2.24, 2.45) is 0 Å². The Balaban J connectivity index is 1.51. The standard InChI is InChI=1S/C19H30N4O3/c1-2-16(14-24)21-18-4-3-15(13-20-18)19(25)23-7-5-17(6-8-23)22-9-11-26-12-10-22/h3-4,13,16-17,24H,2,5-12,14H2,1H3,(H,20,21). The highest BCUT2D eigenvalue weighted by atomic mass is 16.5. The van der Waals surface area contributed by atoms with Gasteiger partial charge >= 0.3 is 0 Å². The van der Waals surface area contributed by atoms with Crippen LogP contribution in [-0.4, -0.2) is 83.9 Å². The van der Waals surface area contributed by atoms with Crippen molar-refractivity contribution >= 4 is 11.7 Å². The second kappa shape index (κ2) is 9.30. The summed E-state index contributed by atoms with van der Waals surface area (Å²) in [6.07, 6.45) is 4.49.